The number of aliphatic hydroxyl groups excluding tert-OH is 1. The van der Waals surface area contributed by atoms with Gasteiger partial charge in [-0.2, -0.15) is 0 Å². The van der Waals surface area contributed by atoms with Gasteiger partial charge >= 0.3 is 5.97 Å². The Labute approximate surface area is 204 Å². The van der Waals surface area contributed by atoms with Crippen LogP contribution in [0.2, 0.25) is 0 Å². The normalized spacial score (nSPS) is 14.1. The Morgan fingerprint density at radius 2 is 1.97 bits per heavy atom. The van der Waals surface area contributed by atoms with E-state index in [0.717, 1.165) is 56.4 Å². The average molecular weight is 471 g/mol. The van der Waals surface area contributed by atoms with Gasteiger partial charge in [-0.05, 0) is 87.2 Å². The molecule has 35 heavy (non-hydrogen) atoms. The van der Waals surface area contributed by atoms with E-state index in [1.54, 1.807) is 20.8 Å². The van der Waals surface area contributed by atoms with Crippen LogP contribution < -0.4 is 4.74 Å². The highest BCUT2D eigenvalue weighted by Crippen LogP contribution is 2.43. The first kappa shape index (κ1) is 23.2. The fourth-order valence-corrected chi connectivity index (χ4v) is 4.80. The van der Waals surface area contributed by atoms with Crippen molar-refractivity contribution in [1.82, 2.24) is 9.97 Å². The van der Waals surface area contributed by atoms with Gasteiger partial charge in [0.05, 0.1) is 23.1 Å². The largest absolute Gasteiger partial charge is 0.493 e. The van der Waals surface area contributed by atoms with Crippen molar-refractivity contribution in [2.45, 2.75) is 47.1 Å². The lowest BCUT2D eigenvalue weighted by Gasteiger charge is -2.24. The van der Waals surface area contributed by atoms with Crippen LogP contribution in [0.4, 0.5) is 0 Å². The van der Waals surface area contributed by atoms with Gasteiger partial charge in [-0.3, -0.25) is 14.8 Å². The smallest absolute Gasteiger partial charge is 0.311 e. The fourth-order valence-electron chi connectivity index (χ4n) is 4.80. The Balaban J connectivity index is 1.75. The summed E-state index contributed by atoms with van der Waals surface area (Å²) < 4.78 is 11.4. The number of esters is 1. The molecule has 0 spiro atoms. The number of benzene rings is 2. The number of aryl methyl sites for hydroxylation is 2. The molecule has 3 heterocycles. The van der Waals surface area contributed by atoms with E-state index in [9.17, 15) is 9.90 Å². The molecule has 0 bridgehead atoms. The van der Waals surface area contributed by atoms with E-state index < -0.39 is 11.5 Å². The molecule has 1 atom stereocenters. The molecule has 6 heteroatoms. The van der Waals surface area contributed by atoms with Crippen LogP contribution in [0.15, 0.2) is 42.6 Å². The molecule has 0 saturated heterocycles. The van der Waals surface area contributed by atoms with E-state index in [-0.39, 0.29) is 12.6 Å². The molecule has 1 N–H and O–H groups in total. The van der Waals surface area contributed by atoms with Crippen molar-refractivity contribution >= 4 is 27.8 Å². The Kier molecular flexibility index (Phi) is 5.72. The summed E-state index contributed by atoms with van der Waals surface area (Å²) in [6.07, 6.45) is 1.64. The molecule has 2 aromatic heterocycles. The first-order valence-electron chi connectivity index (χ1n) is 11.9. The maximum atomic E-state index is 12.4. The van der Waals surface area contributed by atoms with Gasteiger partial charge < -0.3 is 14.6 Å². The maximum absolute atomic E-state index is 12.4. The number of carbonyl (C=O) groups excluding carboxylic acids is 1. The summed E-state index contributed by atoms with van der Waals surface area (Å²) in [6.45, 7) is 9.82. The van der Waals surface area contributed by atoms with Gasteiger partial charge in [-0.25, -0.2) is 0 Å². The second-order valence-electron chi connectivity index (χ2n) is 10.3. The molecule has 0 fully saturated rings. The molecule has 180 valence electrons. The molecular formula is C29H30N2O4. The summed E-state index contributed by atoms with van der Waals surface area (Å²) in [4.78, 5) is 21.9. The van der Waals surface area contributed by atoms with Crippen molar-refractivity contribution in [3.05, 3.63) is 65.0 Å². The third kappa shape index (κ3) is 4.12. The first-order chi connectivity index (χ1) is 16.6. The number of aromatic nitrogens is 2. The van der Waals surface area contributed by atoms with Gasteiger partial charge in [0, 0.05) is 34.6 Å². The fraction of sp³-hybridized carbons (Fsp3) is 0.345. The topological polar surface area (TPSA) is 81.5 Å². The number of hydrogen-bond acceptors (Lipinski definition) is 6. The van der Waals surface area contributed by atoms with Gasteiger partial charge in [-0.15, -0.1) is 0 Å². The van der Waals surface area contributed by atoms with Crippen LogP contribution in [0.5, 0.6) is 5.75 Å². The molecular weight excluding hydrogens is 440 g/mol. The van der Waals surface area contributed by atoms with Crippen molar-refractivity contribution in [2.75, 3.05) is 13.2 Å². The Bertz CT molecular complexity index is 1460. The number of ether oxygens (including phenoxy) is 2. The minimum atomic E-state index is -1.01. The van der Waals surface area contributed by atoms with E-state index in [2.05, 4.69) is 0 Å². The zero-order chi connectivity index (χ0) is 24.9. The number of hydrogen-bond donors (Lipinski definition) is 1. The van der Waals surface area contributed by atoms with Gasteiger partial charge in [0.1, 0.15) is 18.5 Å². The Morgan fingerprint density at radius 1 is 1.17 bits per heavy atom. The van der Waals surface area contributed by atoms with Gasteiger partial charge in [0.2, 0.25) is 0 Å². The van der Waals surface area contributed by atoms with Crippen LogP contribution in [0, 0.1) is 19.3 Å². The van der Waals surface area contributed by atoms with Crippen molar-refractivity contribution in [1.29, 1.82) is 0 Å². The third-order valence-electron chi connectivity index (χ3n) is 6.54. The minimum Gasteiger partial charge on any atom is -0.493 e. The lowest BCUT2D eigenvalue weighted by molar-refractivity contribution is -0.156. The molecule has 4 aromatic rings. The quantitative estimate of drug-likeness (QED) is 0.390. The molecule has 6 nitrogen and oxygen atoms in total. The lowest BCUT2D eigenvalue weighted by atomic mass is 9.87. The van der Waals surface area contributed by atoms with Crippen LogP contribution >= 0.6 is 0 Å². The zero-order valence-electron chi connectivity index (χ0n) is 20.8. The predicted octanol–water partition coefficient (Wildman–Crippen LogP) is 5.62. The number of pyridine rings is 2. The predicted molar refractivity (Wildman–Crippen MR) is 137 cm³/mol. The van der Waals surface area contributed by atoms with Crippen LogP contribution in [0.3, 0.4) is 0 Å². The monoisotopic (exact) mass is 470 g/mol. The van der Waals surface area contributed by atoms with E-state index in [1.165, 1.54) is 5.56 Å². The van der Waals surface area contributed by atoms with Crippen LogP contribution in [-0.4, -0.2) is 34.3 Å². The SMILES string of the molecule is Cc1ccc2c(-c3ccc4c5c(ccnc35)CCO4)c(C(O)COC(=O)C(C)(C)C)c(C)cc2n1. The van der Waals surface area contributed by atoms with E-state index in [4.69, 9.17) is 19.4 Å². The molecule has 0 radical (unpaired) electrons. The van der Waals surface area contributed by atoms with E-state index in [1.807, 2.05) is 56.4 Å². The first-order valence-corrected chi connectivity index (χ1v) is 11.9. The standard InChI is InChI=1S/C29H30N2O4/c1-16-14-21-19(7-6-17(2)31-21)26(24(16)22(32)15-35-28(33)29(3,4)5)20-8-9-23-25-18(11-13-34-23)10-12-30-27(20)25/h6-10,12,14,22,32H,11,13,15H2,1-5H3. The van der Waals surface area contributed by atoms with Crippen molar-refractivity contribution in [3.8, 4) is 16.9 Å². The van der Waals surface area contributed by atoms with Gasteiger partial charge in [0.25, 0.3) is 0 Å². The molecule has 0 saturated carbocycles. The van der Waals surface area contributed by atoms with Crippen molar-refractivity contribution in [2.24, 2.45) is 5.41 Å². The van der Waals surface area contributed by atoms with Crippen molar-refractivity contribution in [3.63, 3.8) is 0 Å². The van der Waals surface area contributed by atoms with Crippen LogP contribution in [-0.2, 0) is 16.0 Å². The highest BCUT2D eigenvalue weighted by atomic mass is 16.5. The molecule has 0 aliphatic carbocycles. The van der Waals surface area contributed by atoms with Crippen LogP contribution in [0.25, 0.3) is 32.9 Å². The highest BCUT2D eigenvalue weighted by molar-refractivity contribution is 6.07. The second kappa shape index (κ2) is 8.61. The molecule has 5 rings (SSSR count). The minimum absolute atomic E-state index is 0.132. The van der Waals surface area contributed by atoms with Gasteiger partial charge in [-0.1, -0.05) is 6.07 Å². The van der Waals surface area contributed by atoms with Crippen molar-refractivity contribution < 1.29 is 19.4 Å². The number of aliphatic hydroxyl groups is 1. The summed E-state index contributed by atoms with van der Waals surface area (Å²) in [7, 11) is 0. The molecule has 1 aliphatic heterocycles. The number of nitrogens with zero attached hydrogens (tertiary/aromatic N) is 2. The van der Waals surface area contributed by atoms with E-state index >= 15 is 0 Å². The maximum Gasteiger partial charge on any atom is 0.311 e. The molecule has 2 aromatic carbocycles. The molecule has 0 amide bonds. The van der Waals surface area contributed by atoms with Crippen LogP contribution in [0.1, 0.15) is 49.3 Å². The average Bonchev–Trinajstić information content (AvgIpc) is 2.81. The third-order valence-corrected chi connectivity index (χ3v) is 6.54. The van der Waals surface area contributed by atoms with E-state index in [0.29, 0.717) is 12.2 Å². The number of fused-ring (bicyclic) bond motifs is 1. The zero-order valence-corrected chi connectivity index (χ0v) is 20.8. The summed E-state index contributed by atoms with van der Waals surface area (Å²) in [5.41, 5.74) is 6.47. The molecule has 1 unspecified atom stereocenters. The second-order valence-corrected chi connectivity index (χ2v) is 10.3. The Hall–Kier alpha value is -3.51. The summed E-state index contributed by atoms with van der Waals surface area (Å²) >= 11 is 0. The summed E-state index contributed by atoms with van der Waals surface area (Å²) in [5, 5.41) is 13.3. The number of carbonyl (C=O) groups is 1. The number of rotatable bonds is 4. The Morgan fingerprint density at radius 3 is 2.74 bits per heavy atom. The molecule has 1 aliphatic rings. The highest BCUT2D eigenvalue weighted by Gasteiger charge is 2.27. The van der Waals surface area contributed by atoms with Gasteiger partial charge in [0.15, 0.2) is 0 Å². The lowest BCUT2D eigenvalue weighted by Crippen LogP contribution is -2.25. The summed E-state index contributed by atoms with van der Waals surface area (Å²) in [5.74, 6) is 0.472. The summed E-state index contributed by atoms with van der Waals surface area (Å²) in [6, 6.07) is 12.0.